The van der Waals surface area contributed by atoms with Crippen LogP contribution in [0.2, 0.25) is 0 Å². The van der Waals surface area contributed by atoms with E-state index in [1.807, 2.05) is 4.57 Å². The first-order chi connectivity index (χ1) is 11.2. The van der Waals surface area contributed by atoms with Crippen molar-refractivity contribution in [1.29, 1.82) is 0 Å². The van der Waals surface area contributed by atoms with Crippen LogP contribution in [0.1, 0.15) is 44.6 Å². The number of halogens is 1. The lowest BCUT2D eigenvalue weighted by Gasteiger charge is -2.45. The third kappa shape index (κ3) is 3.42. The van der Waals surface area contributed by atoms with E-state index in [0.29, 0.717) is 0 Å². The third-order valence-electron chi connectivity index (χ3n) is 5.71. The molecule has 2 aliphatic heterocycles. The van der Waals surface area contributed by atoms with E-state index in [2.05, 4.69) is 30.0 Å². The molecule has 3 fully saturated rings. The first-order valence-corrected chi connectivity index (χ1v) is 9.92. The van der Waals surface area contributed by atoms with E-state index in [9.17, 15) is 4.79 Å². The van der Waals surface area contributed by atoms with Crippen molar-refractivity contribution in [3.8, 4) is 0 Å². The highest BCUT2D eigenvalue weighted by atomic mass is 35.5. The molecule has 2 saturated heterocycles. The zero-order valence-corrected chi connectivity index (χ0v) is 16.0. The summed E-state index contributed by atoms with van der Waals surface area (Å²) in [6, 6.07) is 7.33. The van der Waals surface area contributed by atoms with Gasteiger partial charge in [0.15, 0.2) is 0 Å². The summed E-state index contributed by atoms with van der Waals surface area (Å²) in [5.41, 5.74) is 2.48. The van der Waals surface area contributed by atoms with E-state index in [0.717, 1.165) is 48.1 Å². The highest BCUT2D eigenvalue weighted by Gasteiger charge is 2.33. The topological polar surface area (TPSA) is 25.2 Å². The summed E-state index contributed by atoms with van der Waals surface area (Å²) in [6.45, 7) is 5.32. The maximum absolute atomic E-state index is 12.4. The number of aryl methyl sites for hydroxylation is 1. The minimum absolute atomic E-state index is 0. The molecule has 0 amide bonds. The molecule has 5 heteroatoms. The zero-order chi connectivity index (χ0) is 15.8. The van der Waals surface area contributed by atoms with E-state index in [1.54, 1.807) is 0 Å². The predicted octanol–water partition coefficient (Wildman–Crippen LogP) is 4.31. The van der Waals surface area contributed by atoms with Gasteiger partial charge in [-0.25, -0.2) is 0 Å². The van der Waals surface area contributed by atoms with Crippen molar-refractivity contribution in [2.24, 2.45) is 5.92 Å². The van der Waals surface area contributed by atoms with E-state index in [4.69, 9.17) is 0 Å². The molecular weight excluding hydrogens is 340 g/mol. The molecule has 0 atom stereocenters. The maximum atomic E-state index is 12.4. The molecular formula is C19H27ClN2OS. The second kappa shape index (κ2) is 7.59. The van der Waals surface area contributed by atoms with Crippen molar-refractivity contribution >= 4 is 34.0 Å². The molecule has 2 bridgehead atoms. The number of hydrogen-bond acceptors (Lipinski definition) is 3. The highest BCUT2D eigenvalue weighted by Crippen LogP contribution is 2.34. The number of piperidine rings is 2. The standard InChI is InChI=1S/C19H26N2OS.ClH/c1-2-3-14-6-9-17-18(12-14)23-19(22)21(17)11-10-20-13-15-4-7-16(20)8-5-15;/h6,9,12,15-16H,2-5,7-8,10-11,13H2,1H3;1H. The number of benzene rings is 1. The van der Waals surface area contributed by atoms with Crippen LogP contribution in [0, 0.1) is 5.92 Å². The second-order valence-corrected chi connectivity index (χ2v) is 8.23. The molecule has 24 heavy (non-hydrogen) atoms. The smallest absolute Gasteiger partial charge is 0.298 e. The number of thiazole rings is 1. The van der Waals surface area contributed by atoms with Gasteiger partial charge in [0.05, 0.1) is 10.2 Å². The van der Waals surface area contributed by atoms with Crippen LogP contribution in [0.3, 0.4) is 0 Å². The summed E-state index contributed by atoms with van der Waals surface area (Å²) in [5, 5.41) is 0. The minimum atomic E-state index is 0. The van der Waals surface area contributed by atoms with Gasteiger partial charge in [0, 0.05) is 25.7 Å². The van der Waals surface area contributed by atoms with Gasteiger partial charge in [-0.3, -0.25) is 14.3 Å². The molecule has 3 aliphatic rings. The predicted molar refractivity (Wildman–Crippen MR) is 105 cm³/mol. The van der Waals surface area contributed by atoms with Crippen molar-refractivity contribution in [3.05, 3.63) is 33.4 Å². The molecule has 3 heterocycles. The minimum Gasteiger partial charge on any atom is -0.298 e. The summed E-state index contributed by atoms with van der Waals surface area (Å²) in [5.74, 6) is 0.910. The van der Waals surface area contributed by atoms with Crippen LogP contribution in [0.25, 0.3) is 10.2 Å². The fraction of sp³-hybridized carbons (Fsp3) is 0.632. The maximum Gasteiger partial charge on any atom is 0.308 e. The Hall–Kier alpha value is -0.840. The van der Waals surface area contributed by atoms with Gasteiger partial charge in [0.25, 0.3) is 0 Å². The second-order valence-electron chi connectivity index (χ2n) is 7.24. The van der Waals surface area contributed by atoms with Crippen molar-refractivity contribution in [2.45, 2.75) is 58.0 Å². The zero-order valence-electron chi connectivity index (χ0n) is 14.4. The van der Waals surface area contributed by atoms with Gasteiger partial charge in [0.1, 0.15) is 0 Å². The molecule has 0 N–H and O–H groups in total. The van der Waals surface area contributed by atoms with Crippen LogP contribution in [-0.4, -0.2) is 28.6 Å². The average Bonchev–Trinajstić information content (AvgIpc) is 2.89. The Morgan fingerprint density at radius 3 is 2.62 bits per heavy atom. The lowest BCUT2D eigenvalue weighted by Crippen LogP contribution is -2.49. The van der Waals surface area contributed by atoms with Crippen LogP contribution in [0.5, 0.6) is 0 Å². The number of aromatic nitrogens is 1. The average molecular weight is 367 g/mol. The van der Waals surface area contributed by atoms with Crippen LogP contribution < -0.4 is 4.87 Å². The van der Waals surface area contributed by atoms with Gasteiger partial charge in [-0.2, -0.15) is 0 Å². The first kappa shape index (κ1) is 18.0. The van der Waals surface area contributed by atoms with Crippen LogP contribution in [0.15, 0.2) is 23.0 Å². The van der Waals surface area contributed by atoms with Crippen LogP contribution in [0.4, 0.5) is 0 Å². The lowest BCUT2D eigenvalue weighted by molar-refractivity contribution is 0.0465. The van der Waals surface area contributed by atoms with Crippen LogP contribution >= 0.6 is 23.7 Å². The Bertz CT molecular complexity index is 745. The Kier molecular flexibility index (Phi) is 5.68. The molecule has 0 spiro atoms. The summed E-state index contributed by atoms with van der Waals surface area (Å²) < 4.78 is 3.15. The summed E-state index contributed by atoms with van der Waals surface area (Å²) in [4.78, 5) is 15.2. The number of nitrogens with zero attached hydrogens (tertiary/aromatic N) is 2. The molecule has 3 nitrogen and oxygen atoms in total. The monoisotopic (exact) mass is 366 g/mol. The fourth-order valence-corrected chi connectivity index (χ4v) is 5.42. The van der Waals surface area contributed by atoms with Gasteiger partial charge >= 0.3 is 4.87 Å². The molecule has 2 aromatic rings. The SMILES string of the molecule is CCCc1ccc2c(c1)sc(=O)n2CCN1CC2CCC1CC2.Cl. The van der Waals surface area contributed by atoms with Crippen molar-refractivity contribution < 1.29 is 0 Å². The molecule has 1 saturated carbocycles. The van der Waals surface area contributed by atoms with Crippen LogP contribution in [-0.2, 0) is 13.0 Å². The number of fused-ring (bicyclic) bond motifs is 4. The summed E-state index contributed by atoms with van der Waals surface area (Å²) >= 11 is 1.41. The van der Waals surface area contributed by atoms with Gasteiger partial charge < -0.3 is 0 Å². The molecule has 1 aromatic heterocycles. The molecule has 0 unspecified atom stereocenters. The Balaban J connectivity index is 0.00000169. The normalized spacial score (nSPS) is 23.5. The first-order valence-electron chi connectivity index (χ1n) is 9.11. The van der Waals surface area contributed by atoms with Crippen molar-refractivity contribution in [2.75, 3.05) is 13.1 Å². The van der Waals surface area contributed by atoms with E-state index < -0.39 is 0 Å². The van der Waals surface area contributed by atoms with Gasteiger partial charge in [-0.15, -0.1) is 12.4 Å². The largest absolute Gasteiger partial charge is 0.308 e. The molecule has 1 aromatic carbocycles. The summed E-state index contributed by atoms with van der Waals surface area (Å²) in [7, 11) is 0. The van der Waals surface area contributed by atoms with E-state index >= 15 is 0 Å². The third-order valence-corrected chi connectivity index (χ3v) is 6.65. The number of rotatable bonds is 5. The quantitative estimate of drug-likeness (QED) is 0.787. The summed E-state index contributed by atoms with van der Waals surface area (Å²) in [6.07, 6.45) is 7.82. The Morgan fingerprint density at radius 1 is 1.17 bits per heavy atom. The Morgan fingerprint density at radius 2 is 1.96 bits per heavy atom. The van der Waals surface area contributed by atoms with Gasteiger partial charge in [-0.05, 0) is 55.7 Å². The van der Waals surface area contributed by atoms with Crippen molar-refractivity contribution in [3.63, 3.8) is 0 Å². The number of hydrogen-bond donors (Lipinski definition) is 0. The van der Waals surface area contributed by atoms with E-state index in [-0.39, 0.29) is 17.3 Å². The van der Waals surface area contributed by atoms with Gasteiger partial charge in [0.2, 0.25) is 0 Å². The molecule has 132 valence electrons. The molecule has 5 rings (SSSR count). The highest BCUT2D eigenvalue weighted by molar-refractivity contribution is 7.16. The molecule has 0 radical (unpaired) electrons. The lowest BCUT2D eigenvalue weighted by atomic mass is 9.80. The molecule has 1 aliphatic carbocycles. The van der Waals surface area contributed by atoms with Gasteiger partial charge in [-0.1, -0.05) is 30.7 Å². The Labute approximate surface area is 154 Å². The van der Waals surface area contributed by atoms with Crippen molar-refractivity contribution in [1.82, 2.24) is 9.47 Å². The fourth-order valence-electron chi connectivity index (χ4n) is 4.44. The van der Waals surface area contributed by atoms with E-state index in [1.165, 1.54) is 49.1 Å².